The fourth-order valence-corrected chi connectivity index (χ4v) is 2.20. The van der Waals surface area contributed by atoms with E-state index < -0.39 is 0 Å². The molecule has 0 radical (unpaired) electrons. The Bertz CT molecular complexity index is 616. The number of hydrogen-bond donors (Lipinski definition) is 2. The Balaban J connectivity index is 2.10. The lowest BCUT2D eigenvalue weighted by Crippen LogP contribution is -2.15. The Morgan fingerprint density at radius 3 is 2.68 bits per heavy atom. The van der Waals surface area contributed by atoms with Crippen LogP contribution in [0, 0.1) is 0 Å². The number of anilines is 2. The van der Waals surface area contributed by atoms with Gasteiger partial charge in [-0.05, 0) is 39.7 Å². The number of carbonyl (C=O) groups excluding carboxylic acids is 1. The maximum Gasteiger partial charge on any atom is 0.228 e. The van der Waals surface area contributed by atoms with Crippen molar-refractivity contribution >= 4 is 44.8 Å². The van der Waals surface area contributed by atoms with Crippen LogP contribution in [0.4, 0.5) is 11.4 Å². The standard InChI is InChI=1S/C14H12BrClN2O/c15-14-10(16)5-3-7-12(14)18-13(19)8-9-4-1-2-6-11(9)17/h1-7H,8,17H2,(H,18,19). The van der Waals surface area contributed by atoms with Crippen LogP contribution in [0.1, 0.15) is 5.56 Å². The van der Waals surface area contributed by atoms with Gasteiger partial charge in [0.1, 0.15) is 0 Å². The Morgan fingerprint density at radius 2 is 1.95 bits per heavy atom. The summed E-state index contributed by atoms with van der Waals surface area (Å²) < 4.78 is 0.672. The molecule has 2 aromatic carbocycles. The number of nitrogens with two attached hydrogens (primary N) is 1. The summed E-state index contributed by atoms with van der Waals surface area (Å²) in [5, 5.41) is 3.35. The van der Waals surface area contributed by atoms with Gasteiger partial charge >= 0.3 is 0 Å². The summed E-state index contributed by atoms with van der Waals surface area (Å²) in [5.41, 5.74) is 7.87. The molecule has 0 saturated carbocycles. The summed E-state index contributed by atoms with van der Waals surface area (Å²) >= 11 is 9.30. The molecule has 0 spiro atoms. The Labute approximate surface area is 124 Å². The van der Waals surface area contributed by atoms with E-state index >= 15 is 0 Å². The number of para-hydroxylation sites is 1. The molecule has 0 aliphatic carbocycles. The predicted molar refractivity (Wildman–Crippen MR) is 82.3 cm³/mol. The van der Waals surface area contributed by atoms with E-state index in [0.29, 0.717) is 20.9 Å². The lowest BCUT2D eigenvalue weighted by atomic mass is 10.1. The summed E-state index contributed by atoms with van der Waals surface area (Å²) in [6, 6.07) is 12.6. The topological polar surface area (TPSA) is 55.1 Å². The van der Waals surface area contributed by atoms with E-state index in [9.17, 15) is 4.79 Å². The van der Waals surface area contributed by atoms with Crippen LogP contribution in [0.5, 0.6) is 0 Å². The van der Waals surface area contributed by atoms with Crippen molar-refractivity contribution in [2.24, 2.45) is 0 Å². The van der Waals surface area contributed by atoms with Crippen LogP contribution in [0.2, 0.25) is 5.02 Å². The van der Waals surface area contributed by atoms with E-state index in [4.69, 9.17) is 17.3 Å². The van der Waals surface area contributed by atoms with Crippen molar-refractivity contribution in [3.63, 3.8) is 0 Å². The van der Waals surface area contributed by atoms with E-state index in [1.807, 2.05) is 18.2 Å². The van der Waals surface area contributed by atoms with Gasteiger partial charge in [-0.3, -0.25) is 4.79 Å². The van der Waals surface area contributed by atoms with Crippen LogP contribution in [0.3, 0.4) is 0 Å². The molecule has 3 N–H and O–H groups in total. The van der Waals surface area contributed by atoms with Gasteiger partial charge in [-0.2, -0.15) is 0 Å². The number of carbonyl (C=O) groups is 1. The summed E-state index contributed by atoms with van der Waals surface area (Å²) in [7, 11) is 0. The number of nitrogens with one attached hydrogen (secondary N) is 1. The molecule has 1 amide bonds. The average molecular weight is 340 g/mol. The summed E-state index contributed by atoms with van der Waals surface area (Å²) in [6.45, 7) is 0. The smallest absolute Gasteiger partial charge is 0.228 e. The van der Waals surface area contributed by atoms with Crippen molar-refractivity contribution in [3.05, 3.63) is 57.5 Å². The minimum absolute atomic E-state index is 0.138. The molecule has 0 bridgehead atoms. The number of nitrogen functional groups attached to an aromatic ring is 1. The first kappa shape index (κ1) is 13.9. The highest BCUT2D eigenvalue weighted by Crippen LogP contribution is 2.30. The van der Waals surface area contributed by atoms with E-state index in [2.05, 4.69) is 21.2 Å². The fourth-order valence-electron chi connectivity index (χ4n) is 1.66. The molecule has 0 aromatic heterocycles. The van der Waals surface area contributed by atoms with Crippen molar-refractivity contribution in [1.82, 2.24) is 0 Å². The monoisotopic (exact) mass is 338 g/mol. The second-order valence-corrected chi connectivity index (χ2v) is 5.23. The SMILES string of the molecule is Nc1ccccc1CC(=O)Nc1cccc(Cl)c1Br. The summed E-state index contributed by atoms with van der Waals surface area (Å²) in [6.07, 6.45) is 0.228. The molecule has 2 rings (SSSR count). The molecule has 3 nitrogen and oxygen atoms in total. The van der Waals surface area contributed by atoms with Gasteiger partial charge < -0.3 is 11.1 Å². The molecule has 0 atom stereocenters. The molecular weight excluding hydrogens is 328 g/mol. The number of halogens is 2. The zero-order valence-corrected chi connectivity index (χ0v) is 12.3. The molecule has 98 valence electrons. The molecule has 0 heterocycles. The van der Waals surface area contributed by atoms with Crippen molar-refractivity contribution in [2.45, 2.75) is 6.42 Å². The van der Waals surface area contributed by atoms with Crippen LogP contribution in [-0.2, 0) is 11.2 Å². The largest absolute Gasteiger partial charge is 0.398 e. The molecule has 2 aromatic rings. The molecule has 0 aliphatic rings. The van der Waals surface area contributed by atoms with Crippen LogP contribution in [-0.4, -0.2) is 5.91 Å². The van der Waals surface area contributed by atoms with Gasteiger partial charge in [0, 0.05) is 5.69 Å². The molecule has 0 saturated heterocycles. The Hall–Kier alpha value is -1.52. The molecule has 19 heavy (non-hydrogen) atoms. The third-order valence-electron chi connectivity index (χ3n) is 2.63. The number of hydrogen-bond acceptors (Lipinski definition) is 2. The zero-order chi connectivity index (χ0) is 13.8. The molecule has 5 heteroatoms. The molecule has 0 aliphatic heterocycles. The minimum Gasteiger partial charge on any atom is -0.398 e. The molecule has 0 unspecified atom stereocenters. The predicted octanol–water partition coefficient (Wildman–Crippen LogP) is 3.87. The summed E-state index contributed by atoms with van der Waals surface area (Å²) in [4.78, 5) is 12.0. The normalized spacial score (nSPS) is 10.2. The fraction of sp³-hybridized carbons (Fsp3) is 0.0714. The maximum atomic E-state index is 12.0. The van der Waals surface area contributed by atoms with Crippen molar-refractivity contribution in [3.8, 4) is 0 Å². The highest BCUT2D eigenvalue weighted by molar-refractivity contribution is 9.10. The van der Waals surface area contributed by atoms with E-state index in [1.54, 1.807) is 24.3 Å². The average Bonchev–Trinajstić information content (AvgIpc) is 2.38. The van der Waals surface area contributed by atoms with Crippen molar-refractivity contribution < 1.29 is 4.79 Å². The first-order chi connectivity index (χ1) is 9.08. The lowest BCUT2D eigenvalue weighted by Gasteiger charge is -2.09. The number of rotatable bonds is 3. The summed E-state index contributed by atoms with van der Waals surface area (Å²) in [5.74, 6) is -0.138. The highest BCUT2D eigenvalue weighted by Gasteiger charge is 2.09. The van der Waals surface area contributed by atoms with Gasteiger partial charge in [0.25, 0.3) is 0 Å². The van der Waals surface area contributed by atoms with Gasteiger partial charge in [-0.25, -0.2) is 0 Å². The Morgan fingerprint density at radius 1 is 1.21 bits per heavy atom. The number of amides is 1. The lowest BCUT2D eigenvalue weighted by molar-refractivity contribution is -0.115. The van der Waals surface area contributed by atoms with E-state index in [1.165, 1.54) is 0 Å². The minimum atomic E-state index is -0.138. The quantitative estimate of drug-likeness (QED) is 0.834. The highest BCUT2D eigenvalue weighted by atomic mass is 79.9. The van der Waals surface area contributed by atoms with Crippen LogP contribution >= 0.6 is 27.5 Å². The zero-order valence-electron chi connectivity index (χ0n) is 9.99. The first-order valence-electron chi connectivity index (χ1n) is 5.65. The van der Waals surface area contributed by atoms with Crippen molar-refractivity contribution in [2.75, 3.05) is 11.1 Å². The third-order valence-corrected chi connectivity index (χ3v) is 4.03. The van der Waals surface area contributed by atoms with Crippen LogP contribution in [0.25, 0.3) is 0 Å². The van der Waals surface area contributed by atoms with Gasteiger partial charge in [0.15, 0.2) is 0 Å². The number of benzene rings is 2. The maximum absolute atomic E-state index is 12.0. The molecule has 0 fully saturated rings. The second kappa shape index (κ2) is 6.08. The van der Waals surface area contributed by atoms with E-state index in [0.717, 1.165) is 5.56 Å². The van der Waals surface area contributed by atoms with Gasteiger partial charge in [0.2, 0.25) is 5.91 Å². The van der Waals surface area contributed by atoms with Gasteiger partial charge in [0.05, 0.1) is 21.6 Å². The Kier molecular flexibility index (Phi) is 4.45. The van der Waals surface area contributed by atoms with Crippen molar-refractivity contribution in [1.29, 1.82) is 0 Å². The molecular formula is C14H12BrClN2O. The van der Waals surface area contributed by atoms with Crippen LogP contribution in [0.15, 0.2) is 46.9 Å². The third kappa shape index (κ3) is 3.49. The van der Waals surface area contributed by atoms with Gasteiger partial charge in [-0.1, -0.05) is 35.9 Å². The second-order valence-electron chi connectivity index (χ2n) is 4.03. The van der Waals surface area contributed by atoms with Gasteiger partial charge in [-0.15, -0.1) is 0 Å². The first-order valence-corrected chi connectivity index (χ1v) is 6.82. The van der Waals surface area contributed by atoms with Crippen LogP contribution < -0.4 is 11.1 Å². The van der Waals surface area contributed by atoms with E-state index in [-0.39, 0.29) is 12.3 Å².